The number of rotatable bonds is 23. The molecule has 13 nitrogen and oxygen atoms in total. The van der Waals surface area contributed by atoms with Gasteiger partial charge in [-0.05, 0) is 69.8 Å². The fourth-order valence-corrected chi connectivity index (χ4v) is 10.5. The molecule has 3 heterocycles. The van der Waals surface area contributed by atoms with Crippen LogP contribution in [0.5, 0.6) is 0 Å². The van der Waals surface area contributed by atoms with Crippen LogP contribution >= 0.6 is 0 Å². The van der Waals surface area contributed by atoms with Crippen LogP contribution in [0.25, 0.3) is 0 Å². The Kier molecular flexibility index (Phi) is 22.3. The zero-order valence-corrected chi connectivity index (χ0v) is 39.9. The molecule has 7 rings (SSSR count). The molecule has 3 aromatic rings. The molecule has 0 bridgehead atoms. The lowest BCUT2D eigenvalue weighted by atomic mass is 9.84. The van der Waals surface area contributed by atoms with Crippen molar-refractivity contribution in [1.29, 1.82) is 0 Å². The third-order valence-corrected chi connectivity index (χ3v) is 14.5. The Balaban J connectivity index is 0.000000221. The van der Waals surface area contributed by atoms with Gasteiger partial charge < -0.3 is 24.2 Å². The van der Waals surface area contributed by atoms with Gasteiger partial charge in [0.15, 0.2) is 11.8 Å². The number of nitrogens with zero attached hydrogens (tertiary/aromatic N) is 2. The van der Waals surface area contributed by atoms with E-state index < -0.39 is 0 Å². The van der Waals surface area contributed by atoms with Crippen LogP contribution in [-0.4, -0.2) is 52.3 Å². The highest BCUT2D eigenvalue weighted by Crippen LogP contribution is 2.34. The van der Waals surface area contributed by atoms with Crippen LogP contribution in [0.4, 0.5) is 0 Å². The van der Waals surface area contributed by atoms with E-state index in [1.165, 1.54) is 109 Å². The van der Waals surface area contributed by atoms with Gasteiger partial charge in [0, 0.05) is 63.1 Å². The predicted octanol–water partition coefficient (Wildman–Crippen LogP) is 10.9. The zero-order chi connectivity index (χ0) is 45.5. The first-order valence-corrected chi connectivity index (χ1v) is 25.7. The molecule has 3 saturated carbocycles. The van der Waals surface area contributed by atoms with E-state index in [2.05, 4.69) is 16.1 Å². The molecule has 2 amide bonds. The van der Waals surface area contributed by atoms with Gasteiger partial charge in [0.1, 0.15) is 11.5 Å². The standard InChI is InChI=1S/C30H45N3O3.C22H37N3O4/c1-23-28(21-31-27-18-9-4-10-19-27)32-30(36-23)26(17-11-16-24-12-5-2-6-13-24)20-29(34)33-35-22-25-14-7-3-8-15-25;1-16-20(15-23-19-10-12-28-13-11-19)24-22(29-16)18(14-21(26)25-27)9-5-8-17-6-3-2-4-7-17/h3,7-8,14-15,24,26-27,31H,2,4-6,9-13,16-22H2,1H3,(H,33,34);17-19,23,27H,2-15H2,1H3,(H,25,26)/t26-;18-/m11/s1. The summed E-state index contributed by atoms with van der Waals surface area (Å²) in [7, 11) is 0. The lowest BCUT2D eigenvalue weighted by Crippen LogP contribution is -2.34. The Morgan fingerprint density at radius 1 is 0.662 bits per heavy atom. The van der Waals surface area contributed by atoms with Crippen molar-refractivity contribution in [3.8, 4) is 0 Å². The SMILES string of the molecule is Cc1oc([C@H](CCCC2CCCCC2)CC(=O)NO)nc1CNC1CCOCC1.Cc1oc([C@H](CCCC2CCCCC2)CC(=O)NOCc2ccccc2)nc1CNC1CCCCC1. The van der Waals surface area contributed by atoms with Gasteiger partial charge >= 0.3 is 0 Å². The number of oxazole rings is 2. The van der Waals surface area contributed by atoms with Gasteiger partial charge in [-0.2, -0.15) is 0 Å². The van der Waals surface area contributed by atoms with Gasteiger partial charge in [-0.25, -0.2) is 20.9 Å². The summed E-state index contributed by atoms with van der Waals surface area (Å²) < 4.78 is 17.5. The molecule has 1 aromatic carbocycles. The van der Waals surface area contributed by atoms with Crippen LogP contribution in [0, 0.1) is 25.7 Å². The van der Waals surface area contributed by atoms with E-state index >= 15 is 0 Å². The average molecular weight is 903 g/mol. The Hall–Kier alpha value is -3.62. The van der Waals surface area contributed by atoms with Crippen molar-refractivity contribution in [3.63, 3.8) is 0 Å². The maximum absolute atomic E-state index is 12.8. The molecule has 0 spiro atoms. The average Bonchev–Trinajstić information content (AvgIpc) is 3.91. The number of carbonyl (C=O) groups is 2. The molecule has 4 aliphatic rings. The second-order valence-corrected chi connectivity index (χ2v) is 19.6. The normalized spacial score (nSPS) is 19.0. The van der Waals surface area contributed by atoms with Crippen LogP contribution in [-0.2, 0) is 38.9 Å². The van der Waals surface area contributed by atoms with Crippen molar-refractivity contribution in [3.05, 3.63) is 70.6 Å². The highest BCUT2D eigenvalue weighted by atomic mass is 16.6. The van der Waals surface area contributed by atoms with E-state index in [9.17, 15) is 9.59 Å². The molecule has 2 aromatic heterocycles. The lowest BCUT2D eigenvalue weighted by molar-refractivity contribution is -0.135. The molecule has 0 radical (unpaired) electrons. The van der Waals surface area contributed by atoms with Crippen LogP contribution in [0.3, 0.4) is 0 Å². The summed E-state index contributed by atoms with van der Waals surface area (Å²) >= 11 is 0. The Morgan fingerprint density at radius 2 is 1.14 bits per heavy atom. The van der Waals surface area contributed by atoms with Gasteiger partial charge in [0.25, 0.3) is 0 Å². The zero-order valence-electron chi connectivity index (χ0n) is 39.9. The summed E-state index contributed by atoms with van der Waals surface area (Å²) in [5.74, 6) is 4.03. The largest absolute Gasteiger partial charge is 0.445 e. The molecular weight excluding hydrogens is 821 g/mol. The minimum atomic E-state index is -0.384. The molecule has 362 valence electrons. The smallest absolute Gasteiger partial charge is 0.244 e. The first-order chi connectivity index (χ1) is 31.8. The molecule has 3 aliphatic carbocycles. The second-order valence-electron chi connectivity index (χ2n) is 19.6. The van der Waals surface area contributed by atoms with Crippen molar-refractivity contribution in [2.45, 2.75) is 218 Å². The van der Waals surface area contributed by atoms with Gasteiger partial charge in [-0.15, -0.1) is 0 Å². The van der Waals surface area contributed by atoms with Crippen molar-refractivity contribution in [1.82, 2.24) is 31.6 Å². The van der Waals surface area contributed by atoms with Crippen LogP contribution in [0.15, 0.2) is 39.2 Å². The number of hydrogen-bond acceptors (Lipinski definition) is 11. The molecule has 5 N–H and O–H groups in total. The second kappa shape index (κ2) is 28.5. The first kappa shape index (κ1) is 50.8. The molecule has 13 heteroatoms. The van der Waals surface area contributed by atoms with Gasteiger partial charge in [-0.3, -0.25) is 19.6 Å². The third-order valence-electron chi connectivity index (χ3n) is 14.5. The quantitative estimate of drug-likeness (QED) is 0.0453. The number of nitrogens with one attached hydrogen (secondary N) is 4. The summed E-state index contributed by atoms with van der Waals surface area (Å²) in [5.41, 5.74) is 7.32. The number of ether oxygens (including phenoxy) is 1. The van der Waals surface area contributed by atoms with E-state index in [1.807, 2.05) is 44.2 Å². The summed E-state index contributed by atoms with van der Waals surface area (Å²) in [4.78, 5) is 39.7. The van der Waals surface area contributed by atoms with E-state index in [-0.39, 0.29) is 30.1 Å². The minimum Gasteiger partial charge on any atom is -0.445 e. The van der Waals surface area contributed by atoms with Crippen molar-refractivity contribution in [2.75, 3.05) is 13.2 Å². The molecule has 65 heavy (non-hydrogen) atoms. The lowest BCUT2D eigenvalue weighted by Gasteiger charge is -2.22. The topological polar surface area (TPSA) is 173 Å². The molecule has 4 fully saturated rings. The fraction of sp³-hybridized carbons (Fsp3) is 0.731. The van der Waals surface area contributed by atoms with Crippen molar-refractivity contribution in [2.24, 2.45) is 11.8 Å². The van der Waals surface area contributed by atoms with Gasteiger partial charge in [-0.1, -0.05) is 139 Å². The molecule has 1 aliphatic heterocycles. The summed E-state index contributed by atoms with van der Waals surface area (Å²) in [6.45, 7) is 7.30. The van der Waals surface area contributed by atoms with Crippen LogP contribution in [0.1, 0.15) is 213 Å². The number of hydroxylamine groups is 2. The van der Waals surface area contributed by atoms with Crippen LogP contribution in [0.2, 0.25) is 0 Å². The fourth-order valence-electron chi connectivity index (χ4n) is 10.5. The number of carbonyl (C=O) groups excluding carboxylic acids is 2. The number of aryl methyl sites for hydroxylation is 2. The molecule has 1 saturated heterocycles. The molecular formula is C52H82N6O7. The van der Waals surface area contributed by atoms with Gasteiger partial charge in [0.2, 0.25) is 11.8 Å². The monoisotopic (exact) mass is 903 g/mol. The molecule has 2 atom stereocenters. The maximum Gasteiger partial charge on any atom is 0.244 e. The Labute approximate surface area is 389 Å². The Bertz CT molecular complexity index is 1780. The number of amides is 2. The van der Waals surface area contributed by atoms with E-state index in [0.717, 1.165) is 98.6 Å². The highest BCUT2D eigenvalue weighted by Gasteiger charge is 2.26. The highest BCUT2D eigenvalue weighted by molar-refractivity contribution is 5.75. The van der Waals surface area contributed by atoms with Crippen molar-refractivity contribution >= 4 is 11.8 Å². The third kappa shape index (κ3) is 18.2. The van der Waals surface area contributed by atoms with Crippen molar-refractivity contribution < 1.29 is 33.2 Å². The maximum atomic E-state index is 12.8. The Morgan fingerprint density at radius 3 is 1.65 bits per heavy atom. The minimum absolute atomic E-state index is 0.0314. The van der Waals surface area contributed by atoms with Gasteiger partial charge in [0.05, 0.1) is 18.0 Å². The summed E-state index contributed by atoms with van der Waals surface area (Å²) in [6.07, 6.45) is 29.0. The first-order valence-electron chi connectivity index (χ1n) is 25.7. The number of hydrogen-bond donors (Lipinski definition) is 5. The number of aromatic nitrogens is 2. The van der Waals surface area contributed by atoms with Crippen LogP contribution < -0.4 is 21.6 Å². The van der Waals surface area contributed by atoms with E-state index in [4.69, 9.17) is 33.6 Å². The number of benzene rings is 1. The van der Waals surface area contributed by atoms with E-state index in [0.29, 0.717) is 43.4 Å². The summed E-state index contributed by atoms with van der Waals surface area (Å²) in [6, 6.07) is 10.9. The summed E-state index contributed by atoms with van der Waals surface area (Å²) in [5, 5.41) is 16.2. The predicted molar refractivity (Wildman–Crippen MR) is 252 cm³/mol. The molecule has 0 unspecified atom stereocenters. The van der Waals surface area contributed by atoms with E-state index in [1.54, 1.807) is 5.48 Å².